The first kappa shape index (κ1) is 11.9. The smallest absolute Gasteiger partial charge is 0.134 e. The van der Waals surface area contributed by atoms with Crippen LogP contribution in [0.2, 0.25) is 0 Å². The van der Waals surface area contributed by atoms with E-state index in [9.17, 15) is 4.39 Å². The lowest BCUT2D eigenvalue weighted by molar-refractivity contribution is 0.525. The molecule has 1 unspecified atom stereocenters. The number of hydrogen-bond donors (Lipinski definition) is 1. The van der Waals surface area contributed by atoms with Crippen LogP contribution in [0.5, 0.6) is 0 Å². The number of benzene rings is 1. The van der Waals surface area contributed by atoms with E-state index in [-0.39, 0.29) is 11.9 Å². The molecule has 3 heteroatoms. The Morgan fingerprint density at radius 3 is 2.76 bits per heavy atom. The van der Waals surface area contributed by atoms with Crippen LogP contribution in [0.25, 0.3) is 11.0 Å². The summed E-state index contributed by atoms with van der Waals surface area (Å²) in [7, 11) is 0. The number of furan rings is 1. The number of halogens is 1. The Morgan fingerprint density at radius 1 is 1.41 bits per heavy atom. The van der Waals surface area contributed by atoms with Crippen molar-refractivity contribution in [3.63, 3.8) is 0 Å². The fraction of sp³-hybridized carbons (Fsp3) is 0.286. The van der Waals surface area contributed by atoms with E-state index in [2.05, 4.69) is 0 Å². The minimum atomic E-state index is -0.282. The van der Waals surface area contributed by atoms with E-state index >= 15 is 0 Å². The van der Waals surface area contributed by atoms with Crippen molar-refractivity contribution in [2.24, 2.45) is 5.73 Å². The minimum absolute atomic E-state index is 0.260. The van der Waals surface area contributed by atoms with Crippen molar-refractivity contribution < 1.29 is 8.81 Å². The zero-order valence-electron chi connectivity index (χ0n) is 10.3. The molecule has 2 rings (SSSR count). The summed E-state index contributed by atoms with van der Waals surface area (Å²) in [6.07, 6.45) is 1.93. The highest BCUT2D eigenvalue weighted by Crippen LogP contribution is 2.29. The molecule has 0 radical (unpaired) electrons. The third kappa shape index (κ3) is 2.24. The minimum Gasteiger partial charge on any atom is -0.459 e. The maximum atomic E-state index is 13.2. The van der Waals surface area contributed by atoms with E-state index in [1.807, 2.05) is 26.8 Å². The summed E-state index contributed by atoms with van der Waals surface area (Å²) in [5.74, 6) is 0.440. The molecule has 0 aliphatic rings. The molecule has 0 saturated heterocycles. The Hall–Kier alpha value is -1.61. The van der Waals surface area contributed by atoms with Gasteiger partial charge in [-0.05, 0) is 39.0 Å². The summed E-state index contributed by atoms with van der Waals surface area (Å²) < 4.78 is 18.8. The molecular weight excluding hydrogens is 217 g/mol. The van der Waals surface area contributed by atoms with Crippen molar-refractivity contribution >= 4 is 11.0 Å². The summed E-state index contributed by atoms with van der Waals surface area (Å²) in [5, 5.41) is 0.789. The van der Waals surface area contributed by atoms with Gasteiger partial charge in [0, 0.05) is 10.9 Å². The highest BCUT2D eigenvalue weighted by Gasteiger charge is 2.15. The van der Waals surface area contributed by atoms with Crippen molar-refractivity contribution in [2.45, 2.75) is 26.8 Å². The van der Waals surface area contributed by atoms with E-state index in [0.717, 1.165) is 16.5 Å². The molecule has 90 valence electrons. The Morgan fingerprint density at radius 2 is 2.12 bits per heavy atom. The van der Waals surface area contributed by atoms with E-state index in [4.69, 9.17) is 10.2 Å². The Labute approximate surface area is 99.9 Å². The van der Waals surface area contributed by atoms with E-state index in [1.165, 1.54) is 12.1 Å². The molecule has 2 aromatic rings. The van der Waals surface area contributed by atoms with Crippen LogP contribution in [0.3, 0.4) is 0 Å². The topological polar surface area (TPSA) is 39.2 Å². The average molecular weight is 233 g/mol. The summed E-state index contributed by atoms with van der Waals surface area (Å²) in [4.78, 5) is 0. The van der Waals surface area contributed by atoms with Gasteiger partial charge in [0.1, 0.15) is 17.2 Å². The van der Waals surface area contributed by atoms with Crippen molar-refractivity contribution in [1.29, 1.82) is 0 Å². The third-order valence-electron chi connectivity index (χ3n) is 2.75. The van der Waals surface area contributed by atoms with Crippen LogP contribution < -0.4 is 5.73 Å². The van der Waals surface area contributed by atoms with Crippen molar-refractivity contribution in [3.05, 3.63) is 47.0 Å². The normalized spacial score (nSPS) is 12.8. The molecule has 1 aromatic heterocycles. The number of fused-ring (bicyclic) bond motifs is 1. The van der Waals surface area contributed by atoms with Gasteiger partial charge in [0.25, 0.3) is 0 Å². The van der Waals surface area contributed by atoms with Gasteiger partial charge in [0.2, 0.25) is 0 Å². The van der Waals surface area contributed by atoms with Crippen LogP contribution in [-0.4, -0.2) is 0 Å². The van der Waals surface area contributed by atoms with Crippen LogP contribution in [0.15, 0.2) is 34.3 Å². The maximum absolute atomic E-state index is 13.2. The highest BCUT2D eigenvalue weighted by atomic mass is 19.1. The van der Waals surface area contributed by atoms with Gasteiger partial charge in [0.15, 0.2) is 0 Å². The van der Waals surface area contributed by atoms with Gasteiger partial charge < -0.3 is 10.2 Å². The summed E-state index contributed by atoms with van der Waals surface area (Å²) in [6.45, 7) is 5.87. The fourth-order valence-electron chi connectivity index (χ4n) is 1.96. The molecule has 0 bridgehead atoms. The standard InChI is InChI=1S/C14H16FNO/c1-8(2)6-12(16)14-9(3)11-7-10(15)4-5-13(11)17-14/h4-7,12H,16H2,1-3H3. The summed E-state index contributed by atoms with van der Waals surface area (Å²) in [6, 6.07) is 4.22. The monoisotopic (exact) mass is 233 g/mol. The summed E-state index contributed by atoms with van der Waals surface area (Å²) >= 11 is 0. The lowest BCUT2D eigenvalue weighted by Crippen LogP contribution is -2.07. The van der Waals surface area contributed by atoms with E-state index < -0.39 is 0 Å². The van der Waals surface area contributed by atoms with Gasteiger partial charge in [-0.2, -0.15) is 0 Å². The number of nitrogens with two attached hydrogens (primary N) is 1. The quantitative estimate of drug-likeness (QED) is 0.800. The molecular formula is C14H16FNO. The molecule has 1 atom stereocenters. The second-order valence-electron chi connectivity index (χ2n) is 4.50. The first-order chi connectivity index (χ1) is 7.99. The first-order valence-electron chi connectivity index (χ1n) is 5.58. The van der Waals surface area contributed by atoms with Crippen LogP contribution in [0, 0.1) is 12.7 Å². The van der Waals surface area contributed by atoms with Gasteiger partial charge in [-0.25, -0.2) is 4.39 Å². The molecule has 0 saturated carbocycles. The highest BCUT2D eigenvalue weighted by molar-refractivity contribution is 5.82. The van der Waals surface area contributed by atoms with Gasteiger partial charge in [-0.3, -0.25) is 0 Å². The largest absolute Gasteiger partial charge is 0.459 e. The van der Waals surface area contributed by atoms with E-state index in [1.54, 1.807) is 6.07 Å². The van der Waals surface area contributed by atoms with Crippen LogP contribution >= 0.6 is 0 Å². The van der Waals surface area contributed by atoms with Crippen molar-refractivity contribution in [2.75, 3.05) is 0 Å². The Bertz CT molecular complexity index is 579. The van der Waals surface area contributed by atoms with E-state index in [0.29, 0.717) is 11.3 Å². The van der Waals surface area contributed by atoms with Gasteiger partial charge in [0.05, 0.1) is 6.04 Å². The molecule has 0 aliphatic carbocycles. The van der Waals surface area contributed by atoms with Crippen LogP contribution in [0.1, 0.15) is 31.2 Å². The van der Waals surface area contributed by atoms with Gasteiger partial charge in [-0.1, -0.05) is 11.6 Å². The molecule has 0 fully saturated rings. The average Bonchev–Trinajstić information content (AvgIpc) is 2.55. The first-order valence-corrected chi connectivity index (χ1v) is 5.58. The molecule has 17 heavy (non-hydrogen) atoms. The predicted octanol–water partition coefficient (Wildman–Crippen LogP) is 3.85. The Balaban J connectivity index is 2.56. The lowest BCUT2D eigenvalue weighted by atomic mass is 10.1. The number of aryl methyl sites for hydroxylation is 1. The third-order valence-corrected chi connectivity index (χ3v) is 2.75. The number of hydrogen-bond acceptors (Lipinski definition) is 2. The van der Waals surface area contributed by atoms with Gasteiger partial charge >= 0.3 is 0 Å². The molecule has 1 aromatic carbocycles. The second kappa shape index (κ2) is 4.34. The predicted molar refractivity (Wildman–Crippen MR) is 67.3 cm³/mol. The molecule has 0 amide bonds. The lowest BCUT2D eigenvalue weighted by Gasteiger charge is -2.04. The van der Waals surface area contributed by atoms with Crippen LogP contribution in [-0.2, 0) is 0 Å². The van der Waals surface area contributed by atoms with Crippen molar-refractivity contribution in [3.8, 4) is 0 Å². The maximum Gasteiger partial charge on any atom is 0.134 e. The SMILES string of the molecule is CC(C)=CC(N)c1oc2ccc(F)cc2c1C. The van der Waals surface area contributed by atoms with Gasteiger partial charge in [-0.15, -0.1) is 0 Å². The molecule has 1 heterocycles. The number of allylic oxidation sites excluding steroid dienone is 1. The zero-order chi connectivity index (χ0) is 12.6. The second-order valence-corrected chi connectivity index (χ2v) is 4.50. The fourth-order valence-corrected chi connectivity index (χ4v) is 1.96. The molecule has 2 N–H and O–H groups in total. The zero-order valence-corrected chi connectivity index (χ0v) is 10.3. The molecule has 2 nitrogen and oxygen atoms in total. The van der Waals surface area contributed by atoms with Crippen molar-refractivity contribution in [1.82, 2.24) is 0 Å². The molecule has 0 aliphatic heterocycles. The molecule has 0 spiro atoms. The number of rotatable bonds is 2. The summed E-state index contributed by atoms with van der Waals surface area (Å²) in [5.41, 5.74) is 8.75. The van der Waals surface area contributed by atoms with Crippen LogP contribution in [0.4, 0.5) is 4.39 Å². The Kier molecular flexibility index (Phi) is 3.03.